The van der Waals surface area contributed by atoms with E-state index in [1.54, 1.807) is 0 Å². The minimum absolute atomic E-state index is 0.404. The third-order valence-electron chi connectivity index (χ3n) is 4.52. The van der Waals surface area contributed by atoms with Crippen molar-refractivity contribution in [2.75, 3.05) is 19.8 Å². The predicted molar refractivity (Wildman–Crippen MR) is 97.6 cm³/mol. The lowest BCUT2D eigenvalue weighted by atomic mass is 9.99. The van der Waals surface area contributed by atoms with Gasteiger partial charge in [-0.1, -0.05) is 18.0 Å². The normalized spacial score (nSPS) is 15.8. The van der Waals surface area contributed by atoms with Crippen molar-refractivity contribution < 1.29 is 18.7 Å². The van der Waals surface area contributed by atoms with Crippen LogP contribution in [0.2, 0.25) is 0 Å². The third kappa shape index (κ3) is 3.62. The number of nitrogens with zero attached hydrogens (tertiary/aromatic N) is 2. The van der Waals surface area contributed by atoms with E-state index in [0.717, 1.165) is 31.2 Å². The van der Waals surface area contributed by atoms with Gasteiger partial charge < -0.3 is 24.5 Å². The summed E-state index contributed by atoms with van der Waals surface area (Å²) in [5.41, 5.74) is 6.67. The van der Waals surface area contributed by atoms with Gasteiger partial charge in [0, 0.05) is 5.56 Å². The number of hydrogen-bond acceptors (Lipinski definition) is 7. The highest BCUT2D eigenvalue weighted by Crippen LogP contribution is 2.42. The molecule has 1 aromatic heterocycles. The highest BCUT2D eigenvalue weighted by atomic mass is 16.5. The molecule has 1 aromatic carbocycles. The van der Waals surface area contributed by atoms with Gasteiger partial charge in [-0.05, 0) is 45.7 Å². The summed E-state index contributed by atoms with van der Waals surface area (Å²) in [4.78, 5) is 4.56. The summed E-state index contributed by atoms with van der Waals surface area (Å²) < 4.78 is 22.7. The molecule has 3 rings (SSSR count). The third-order valence-corrected chi connectivity index (χ3v) is 4.52. The van der Waals surface area contributed by atoms with Gasteiger partial charge in [0.05, 0.1) is 25.4 Å². The minimum atomic E-state index is -0.488. The number of nitrogens with two attached hydrogens (primary N) is 1. The Bertz CT molecular complexity index is 711. The summed E-state index contributed by atoms with van der Waals surface area (Å²) in [5, 5.41) is 4.13. The molecule has 0 atom stereocenters. The summed E-state index contributed by atoms with van der Waals surface area (Å²) in [7, 11) is 0. The van der Waals surface area contributed by atoms with Crippen molar-refractivity contribution in [3.05, 3.63) is 18.0 Å². The first-order valence-corrected chi connectivity index (χ1v) is 9.31. The molecule has 1 aliphatic rings. The first-order chi connectivity index (χ1) is 12.6. The van der Waals surface area contributed by atoms with Crippen LogP contribution in [0, 0.1) is 0 Å². The van der Waals surface area contributed by atoms with Crippen LogP contribution in [0.5, 0.6) is 17.2 Å². The van der Waals surface area contributed by atoms with Gasteiger partial charge in [0.15, 0.2) is 17.3 Å². The molecule has 2 N–H and O–H groups in total. The van der Waals surface area contributed by atoms with Gasteiger partial charge in [-0.15, -0.1) is 0 Å². The van der Waals surface area contributed by atoms with Crippen molar-refractivity contribution in [1.82, 2.24) is 10.1 Å². The standard InChI is InChI=1S/C19H27N3O4/c1-4-23-14-11-13(12-15(24-5-2)16(14)25-6-3)17-21-18(22-26-17)19(20)9-7-8-10-19/h11-12H,4-10,20H2,1-3H3. The zero-order valence-corrected chi connectivity index (χ0v) is 15.7. The van der Waals surface area contributed by atoms with Crippen LogP contribution in [0.4, 0.5) is 0 Å². The number of aromatic nitrogens is 2. The zero-order valence-electron chi connectivity index (χ0n) is 15.7. The van der Waals surface area contributed by atoms with Gasteiger partial charge in [-0.25, -0.2) is 0 Å². The highest BCUT2D eigenvalue weighted by molar-refractivity contribution is 5.65. The Labute approximate surface area is 153 Å². The van der Waals surface area contributed by atoms with Crippen LogP contribution < -0.4 is 19.9 Å². The molecule has 7 heteroatoms. The highest BCUT2D eigenvalue weighted by Gasteiger charge is 2.36. The lowest BCUT2D eigenvalue weighted by Crippen LogP contribution is -2.34. The Hall–Kier alpha value is -2.28. The molecule has 26 heavy (non-hydrogen) atoms. The molecule has 1 saturated carbocycles. The molecule has 0 bridgehead atoms. The van der Waals surface area contributed by atoms with E-state index < -0.39 is 5.54 Å². The van der Waals surface area contributed by atoms with E-state index in [4.69, 9.17) is 24.5 Å². The number of hydrogen-bond donors (Lipinski definition) is 1. The second-order valence-corrected chi connectivity index (χ2v) is 6.39. The molecule has 0 spiro atoms. The molecule has 0 aliphatic heterocycles. The maximum atomic E-state index is 6.44. The molecular formula is C19H27N3O4. The lowest BCUT2D eigenvalue weighted by molar-refractivity contribution is 0.261. The van der Waals surface area contributed by atoms with E-state index >= 15 is 0 Å². The summed E-state index contributed by atoms with van der Waals surface area (Å²) in [6, 6.07) is 3.68. The quantitative estimate of drug-likeness (QED) is 0.767. The van der Waals surface area contributed by atoms with Gasteiger partial charge in [0.2, 0.25) is 5.75 Å². The number of benzene rings is 1. The first kappa shape index (κ1) is 18.5. The summed E-state index contributed by atoms with van der Waals surface area (Å²) in [6.45, 7) is 7.30. The average molecular weight is 361 g/mol. The topological polar surface area (TPSA) is 92.6 Å². The molecule has 7 nitrogen and oxygen atoms in total. The molecule has 1 heterocycles. The Morgan fingerprint density at radius 3 is 2.12 bits per heavy atom. The van der Waals surface area contributed by atoms with Crippen molar-refractivity contribution in [3.63, 3.8) is 0 Å². The Morgan fingerprint density at radius 1 is 1.00 bits per heavy atom. The van der Waals surface area contributed by atoms with Gasteiger partial charge in [-0.2, -0.15) is 4.98 Å². The molecule has 0 amide bonds. The second kappa shape index (κ2) is 7.95. The van der Waals surface area contributed by atoms with Crippen LogP contribution in [-0.2, 0) is 5.54 Å². The summed E-state index contributed by atoms with van der Waals surface area (Å²) in [6.07, 6.45) is 3.94. The molecule has 142 valence electrons. The average Bonchev–Trinajstić information content (AvgIpc) is 3.28. The molecule has 0 radical (unpaired) electrons. The maximum absolute atomic E-state index is 6.44. The van der Waals surface area contributed by atoms with E-state index in [1.807, 2.05) is 32.9 Å². The smallest absolute Gasteiger partial charge is 0.258 e. The first-order valence-electron chi connectivity index (χ1n) is 9.31. The van der Waals surface area contributed by atoms with Gasteiger partial charge in [0.1, 0.15) is 0 Å². The van der Waals surface area contributed by atoms with E-state index in [0.29, 0.717) is 48.8 Å². The SMILES string of the molecule is CCOc1cc(-c2nc(C3(N)CCCC3)no2)cc(OCC)c1OCC. The fourth-order valence-corrected chi connectivity index (χ4v) is 3.28. The molecule has 1 aliphatic carbocycles. The largest absolute Gasteiger partial charge is 0.490 e. The molecule has 1 fully saturated rings. The molecule has 0 unspecified atom stereocenters. The van der Waals surface area contributed by atoms with Gasteiger partial charge in [-0.3, -0.25) is 0 Å². The summed E-state index contributed by atoms with van der Waals surface area (Å²) in [5.74, 6) is 2.75. The van der Waals surface area contributed by atoms with E-state index in [1.165, 1.54) is 0 Å². The Balaban J connectivity index is 2.00. The Kier molecular flexibility index (Phi) is 5.66. The lowest BCUT2D eigenvalue weighted by Gasteiger charge is -2.18. The molecular weight excluding hydrogens is 334 g/mol. The fourth-order valence-electron chi connectivity index (χ4n) is 3.28. The minimum Gasteiger partial charge on any atom is -0.490 e. The number of rotatable bonds is 8. The second-order valence-electron chi connectivity index (χ2n) is 6.39. The fraction of sp³-hybridized carbons (Fsp3) is 0.579. The maximum Gasteiger partial charge on any atom is 0.258 e. The molecule has 0 saturated heterocycles. The van der Waals surface area contributed by atoms with Crippen LogP contribution in [-0.4, -0.2) is 30.0 Å². The van der Waals surface area contributed by atoms with Crippen LogP contribution >= 0.6 is 0 Å². The predicted octanol–water partition coefficient (Wildman–Crippen LogP) is 3.66. The van der Waals surface area contributed by atoms with Crippen LogP contribution in [0.1, 0.15) is 52.3 Å². The number of ether oxygens (including phenoxy) is 3. The zero-order chi connectivity index (χ0) is 18.6. The van der Waals surface area contributed by atoms with Crippen molar-refractivity contribution in [2.24, 2.45) is 5.73 Å². The monoisotopic (exact) mass is 361 g/mol. The van der Waals surface area contributed by atoms with Crippen molar-refractivity contribution in [3.8, 4) is 28.7 Å². The van der Waals surface area contributed by atoms with Crippen molar-refractivity contribution in [2.45, 2.75) is 52.0 Å². The van der Waals surface area contributed by atoms with Crippen LogP contribution in [0.3, 0.4) is 0 Å². The van der Waals surface area contributed by atoms with E-state index in [-0.39, 0.29) is 0 Å². The van der Waals surface area contributed by atoms with E-state index in [9.17, 15) is 0 Å². The van der Waals surface area contributed by atoms with Crippen LogP contribution in [0.25, 0.3) is 11.5 Å². The van der Waals surface area contributed by atoms with Gasteiger partial charge in [0.25, 0.3) is 5.89 Å². The van der Waals surface area contributed by atoms with Gasteiger partial charge >= 0.3 is 0 Å². The Morgan fingerprint density at radius 2 is 1.58 bits per heavy atom. The van der Waals surface area contributed by atoms with E-state index in [2.05, 4.69) is 10.1 Å². The van der Waals surface area contributed by atoms with Crippen LogP contribution in [0.15, 0.2) is 16.7 Å². The van der Waals surface area contributed by atoms with Crippen molar-refractivity contribution >= 4 is 0 Å². The summed E-state index contributed by atoms with van der Waals surface area (Å²) >= 11 is 0. The molecule has 2 aromatic rings. The van der Waals surface area contributed by atoms with Crippen molar-refractivity contribution in [1.29, 1.82) is 0 Å².